The standard InChI is InChI=1S/C32H36F2N4O6S/c1-5-19-15-20(8-11-24(19)33)29(36-26-16-21(30(35)39)9-12-25(26)34)31(40)38-14-6-7-27(38)23-17-22(37(4)32(41)42)10-13-28(23)45(43,44)18(2)3/h8-13,15-18,27,29,36H,5-7,14H2,1-4H3,(H2,35,39)(H,41,42)/t27-,29-/m1/s1. The van der Waals surface area contributed by atoms with Crippen LogP contribution in [-0.4, -0.2) is 55.2 Å². The molecule has 0 radical (unpaired) electrons. The van der Waals surface area contributed by atoms with Gasteiger partial charge in [-0.15, -0.1) is 0 Å². The molecule has 45 heavy (non-hydrogen) atoms. The van der Waals surface area contributed by atoms with Crippen LogP contribution in [0.2, 0.25) is 0 Å². The van der Waals surface area contributed by atoms with Gasteiger partial charge in [-0.25, -0.2) is 22.0 Å². The van der Waals surface area contributed by atoms with Crippen LogP contribution in [0.5, 0.6) is 0 Å². The van der Waals surface area contributed by atoms with Gasteiger partial charge in [0.05, 0.1) is 21.9 Å². The lowest BCUT2D eigenvalue weighted by Gasteiger charge is -2.32. The third-order valence-electron chi connectivity index (χ3n) is 8.07. The minimum absolute atomic E-state index is 0.000371. The number of nitrogens with one attached hydrogen (secondary N) is 1. The molecule has 3 aromatic carbocycles. The van der Waals surface area contributed by atoms with Crippen molar-refractivity contribution in [3.05, 3.63) is 88.5 Å². The number of sulfone groups is 1. The monoisotopic (exact) mass is 642 g/mol. The van der Waals surface area contributed by atoms with E-state index >= 15 is 4.39 Å². The summed E-state index contributed by atoms with van der Waals surface area (Å²) in [4.78, 5) is 40.4. The third kappa shape index (κ3) is 6.77. The van der Waals surface area contributed by atoms with E-state index in [4.69, 9.17) is 5.73 Å². The highest BCUT2D eigenvalue weighted by Gasteiger charge is 2.38. The molecule has 1 aliphatic rings. The molecule has 0 aliphatic carbocycles. The Hall–Kier alpha value is -4.52. The van der Waals surface area contributed by atoms with Gasteiger partial charge >= 0.3 is 6.09 Å². The van der Waals surface area contributed by atoms with Gasteiger partial charge in [0.15, 0.2) is 9.84 Å². The maximum Gasteiger partial charge on any atom is 0.411 e. The second-order valence-electron chi connectivity index (χ2n) is 11.2. The first kappa shape index (κ1) is 33.4. The van der Waals surface area contributed by atoms with E-state index in [9.17, 15) is 32.3 Å². The van der Waals surface area contributed by atoms with Gasteiger partial charge in [-0.3, -0.25) is 14.5 Å². The average Bonchev–Trinajstić information content (AvgIpc) is 3.49. The van der Waals surface area contributed by atoms with Crippen molar-refractivity contribution in [3.63, 3.8) is 0 Å². The lowest BCUT2D eigenvalue weighted by atomic mass is 9.98. The first-order valence-corrected chi connectivity index (χ1v) is 16.0. The minimum atomic E-state index is -3.86. The molecule has 3 amide bonds. The van der Waals surface area contributed by atoms with E-state index in [-0.39, 0.29) is 33.9 Å². The Morgan fingerprint density at radius 3 is 2.38 bits per heavy atom. The molecule has 0 spiro atoms. The van der Waals surface area contributed by atoms with Crippen molar-refractivity contribution in [3.8, 4) is 0 Å². The van der Waals surface area contributed by atoms with E-state index in [0.29, 0.717) is 30.4 Å². The Balaban J connectivity index is 1.86. The highest BCUT2D eigenvalue weighted by Crippen LogP contribution is 2.40. The van der Waals surface area contributed by atoms with Crippen LogP contribution in [0, 0.1) is 11.6 Å². The predicted molar refractivity (Wildman–Crippen MR) is 166 cm³/mol. The van der Waals surface area contributed by atoms with E-state index in [2.05, 4.69) is 5.32 Å². The number of anilines is 2. The summed E-state index contributed by atoms with van der Waals surface area (Å²) in [5.41, 5.74) is 6.33. The number of aryl methyl sites for hydroxylation is 1. The molecule has 0 bridgehead atoms. The van der Waals surface area contributed by atoms with E-state index in [0.717, 1.165) is 11.0 Å². The molecule has 1 heterocycles. The molecule has 4 rings (SSSR count). The van der Waals surface area contributed by atoms with Crippen LogP contribution < -0.4 is 16.0 Å². The molecule has 0 unspecified atom stereocenters. The van der Waals surface area contributed by atoms with Crippen molar-refractivity contribution in [2.24, 2.45) is 5.73 Å². The van der Waals surface area contributed by atoms with Crippen LogP contribution >= 0.6 is 0 Å². The van der Waals surface area contributed by atoms with Crippen LogP contribution in [0.4, 0.5) is 25.0 Å². The lowest BCUT2D eigenvalue weighted by molar-refractivity contribution is -0.133. The number of nitrogens with two attached hydrogens (primary N) is 1. The molecule has 13 heteroatoms. The summed E-state index contributed by atoms with van der Waals surface area (Å²) in [5, 5.41) is 11.7. The van der Waals surface area contributed by atoms with Crippen LogP contribution in [0.1, 0.15) is 72.7 Å². The number of hydrogen-bond acceptors (Lipinski definition) is 6. The van der Waals surface area contributed by atoms with Crippen LogP contribution in [0.15, 0.2) is 59.5 Å². The van der Waals surface area contributed by atoms with Gasteiger partial charge in [-0.05, 0) is 92.3 Å². The van der Waals surface area contributed by atoms with Gasteiger partial charge in [0.25, 0.3) is 0 Å². The first-order chi connectivity index (χ1) is 21.2. The van der Waals surface area contributed by atoms with E-state index in [1.54, 1.807) is 6.92 Å². The Kier molecular flexibility index (Phi) is 9.81. The summed E-state index contributed by atoms with van der Waals surface area (Å²) in [6, 6.07) is 9.72. The van der Waals surface area contributed by atoms with Crippen LogP contribution in [0.3, 0.4) is 0 Å². The fourth-order valence-corrected chi connectivity index (χ4v) is 6.71. The molecule has 3 aromatic rings. The summed E-state index contributed by atoms with van der Waals surface area (Å²) < 4.78 is 56.5. The molecular formula is C32H36F2N4O6S. The van der Waals surface area contributed by atoms with Crippen molar-refractivity contribution < 1.29 is 36.7 Å². The fraction of sp³-hybridized carbons (Fsp3) is 0.344. The second kappa shape index (κ2) is 13.2. The Bertz CT molecular complexity index is 1750. The SMILES string of the molecule is CCc1cc([C@@H](Nc2cc(C(N)=O)ccc2F)C(=O)N2CCC[C@@H]2c2cc(N(C)C(=O)O)ccc2S(=O)(=O)C(C)C)ccc1F. The molecule has 240 valence electrons. The summed E-state index contributed by atoms with van der Waals surface area (Å²) in [7, 11) is -2.54. The zero-order chi connectivity index (χ0) is 33.2. The maximum absolute atomic E-state index is 15.0. The number of amides is 3. The van der Waals surface area contributed by atoms with Gasteiger partial charge in [0.2, 0.25) is 11.8 Å². The highest BCUT2D eigenvalue weighted by molar-refractivity contribution is 7.92. The Morgan fingerprint density at radius 1 is 1.07 bits per heavy atom. The van der Waals surface area contributed by atoms with Crippen molar-refractivity contribution in [2.45, 2.75) is 62.3 Å². The lowest BCUT2D eigenvalue weighted by Crippen LogP contribution is -2.38. The molecule has 0 aromatic heterocycles. The average molecular weight is 643 g/mol. The van der Waals surface area contributed by atoms with E-state index in [1.165, 1.54) is 74.3 Å². The van der Waals surface area contributed by atoms with Crippen molar-refractivity contribution in [2.75, 3.05) is 23.8 Å². The smallest absolute Gasteiger partial charge is 0.411 e. The number of benzene rings is 3. The molecule has 10 nitrogen and oxygen atoms in total. The van der Waals surface area contributed by atoms with Gasteiger partial charge in [-0.2, -0.15) is 0 Å². The molecule has 1 fully saturated rings. The number of nitrogens with zero attached hydrogens (tertiary/aromatic N) is 2. The Morgan fingerprint density at radius 2 is 1.76 bits per heavy atom. The van der Waals surface area contributed by atoms with Crippen molar-refractivity contribution >= 4 is 39.1 Å². The number of hydrogen-bond donors (Lipinski definition) is 3. The largest absolute Gasteiger partial charge is 0.465 e. The Labute approximate surface area is 260 Å². The number of carbonyl (C=O) groups is 3. The number of halogens is 2. The molecular weight excluding hydrogens is 606 g/mol. The summed E-state index contributed by atoms with van der Waals surface area (Å²) in [5.74, 6) is -2.60. The number of likely N-dealkylation sites (tertiary alicyclic amines) is 1. The number of rotatable bonds is 10. The molecule has 2 atom stereocenters. The number of carboxylic acid groups (broad SMARTS) is 1. The summed E-state index contributed by atoms with van der Waals surface area (Å²) in [6.45, 7) is 5.02. The normalized spacial score (nSPS) is 15.6. The number of primary amides is 1. The maximum atomic E-state index is 15.0. The van der Waals surface area contributed by atoms with E-state index < -0.39 is 56.7 Å². The molecule has 1 saturated heterocycles. The quantitative estimate of drug-likeness (QED) is 0.267. The van der Waals surface area contributed by atoms with Gasteiger partial charge in [0, 0.05) is 24.8 Å². The van der Waals surface area contributed by atoms with Crippen LogP contribution in [-0.2, 0) is 21.1 Å². The van der Waals surface area contributed by atoms with Gasteiger partial charge in [0.1, 0.15) is 17.7 Å². The molecule has 1 aliphatic heterocycles. The highest BCUT2D eigenvalue weighted by atomic mass is 32.2. The van der Waals surface area contributed by atoms with Gasteiger partial charge < -0.3 is 21.1 Å². The summed E-state index contributed by atoms with van der Waals surface area (Å²) >= 11 is 0. The topological polar surface area (TPSA) is 150 Å². The third-order valence-corrected chi connectivity index (χ3v) is 10.3. The van der Waals surface area contributed by atoms with Crippen molar-refractivity contribution in [1.82, 2.24) is 4.90 Å². The van der Waals surface area contributed by atoms with E-state index in [1.807, 2.05) is 0 Å². The predicted octanol–water partition coefficient (Wildman–Crippen LogP) is 5.44. The zero-order valence-corrected chi connectivity index (χ0v) is 26.2. The minimum Gasteiger partial charge on any atom is -0.465 e. The molecule has 4 N–H and O–H groups in total. The zero-order valence-electron chi connectivity index (χ0n) is 25.4. The van der Waals surface area contributed by atoms with Crippen LogP contribution in [0.25, 0.3) is 0 Å². The number of carbonyl (C=O) groups excluding carboxylic acids is 2. The summed E-state index contributed by atoms with van der Waals surface area (Å²) in [6.07, 6.45) is -0.0710. The molecule has 0 saturated carbocycles. The first-order valence-electron chi connectivity index (χ1n) is 14.5. The second-order valence-corrected chi connectivity index (χ2v) is 13.7. The van der Waals surface area contributed by atoms with Crippen molar-refractivity contribution in [1.29, 1.82) is 0 Å². The fourth-order valence-electron chi connectivity index (χ4n) is 5.43. The van der Waals surface area contributed by atoms with Gasteiger partial charge in [-0.1, -0.05) is 19.1 Å².